The summed E-state index contributed by atoms with van der Waals surface area (Å²) < 4.78 is 0. The van der Waals surface area contributed by atoms with Crippen LogP contribution in [-0.2, 0) is 4.79 Å². The SMILES string of the molecule is C=CC(O)=CC(C)=O. The highest BCUT2D eigenvalue weighted by Crippen LogP contribution is 1.86. The zero-order chi connectivity index (χ0) is 6.57. The minimum absolute atomic E-state index is 0.0856. The molecule has 0 aliphatic carbocycles. The van der Waals surface area contributed by atoms with Crippen molar-refractivity contribution < 1.29 is 9.90 Å². The van der Waals surface area contributed by atoms with Crippen LogP contribution in [0, 0.1) is 0 Å². The molecule has 0 aromatic rings. The second-order valence-electron chi connectivity index (χ2n) is 1.38. The lowest BCUT2D eigenvalue weighted by Crippen LogP contribution is -1.83. The molecule has 0 fully saturated rings. The fraction of sp³-hybridized carbons (Fsp3) is 0.167. The summed E-state index contributed by atoms with van der Waals surface area (Å²) in [6.07, 6.45) is 2.31. The Morgan fingerprint density at radius 2 is 2.25 bits per heavy atom. The Kier molecular flexibility index (Phi) is 2.62. The van der Waals surface area contributed by atoms with Crippen LogP contribution < -0.4 is 0 Å². The highest BCUT2D eigenvalue weighted by Gasteiger charge is 1.85. The fourth-order valence-electron chi connectivity index (χ4n) is 0.267. The molecule has 0 amide bonds. The Balaban J connectivity index is 3.94. The number of allylic oxidation sites excluding steroid dienone is 2. The minimum atomic E-state index is -0.178. The molecule has 0 saturated heterocycles. The standard InChI is InChI=1S/C6H8O2/c1-3-6(8)4-5(2)7/h3-4,8H,1H2,2H3. The molecule has 2 nitrogen and oxygen atoms in total. The largest absolute Gasteiger partial charge is 0.508 e. The van der Waals surface area contributed by atoms with Crippen LogP contribution >= 0.6 is 0 Å². The van der Waals surface area contributed by atoms with Crippen LogP contribution in [0.4, 0.5) is 0 Å². The summed E-state index contributed by atoms with van der Waals surface area (Å²) >= 11 is 0. The Bertz CT molecular complexity index is 133. The van der Waals surface area contributed by atoms with E-state index in [1.165, 1.54) is 13.0 Å². The maximum absolute atomic E-state index is 10.1. The molecule has 0 aromatic carbocycles. The van der Waals surface area contributed by atoms with Crippen molar-refractivity contribution in [3.8, 4) is 0 Å². The second-order valence-corrected chi connectivity index (χ2v) is 1.38. The van der Waals surface area contributed by atoms with Crippen molar-refractivity contribution in [1.82, 2.24) is 0 Å². The molecule has 0 rings (SSSR count). The number of aliphatic hydroxyl groups excluding tert-OH is 1. The Morgan fingerprint density at radius 3 is 2.38 bits per heavy atom. The zero-order valence-corrected chi connectivity index (χ0v) is 4.72. The van der Waals surface area contributed by atoms with Gasteiger partial charge < -0.3 is 5.11 Å². The lowest BCUT2D eigenvalue weighted by atomic mass is 10.3. The third-order valence-corrected chi connectivity index (χ3v) is 0.560. The van der Waals surface area contributed by atoms with Crippen LogP contribution in [-0.4, -0.2) is 10.9 Å². The van der Waals surface area contributed by atoms with Gasteiger partial charge in [0.15, 0.2) is 5.78 Å². The van der Waals surface area contributed by atoms with E-state index in [1.54, 1.807) is 0 Å². The molecule has 0 aromatic heterocycles. The first kappa shape index (κ1) is 6.95. The molecule has 0 radical (unpaired) electrons. The van der Waals surface area contributed by atoms with Gasteiger partial charge in [0.05, 0.1) is 0 Å². The maximum atomic E-state index is 10.1. The summed E-state index contributed by atoms with van der Waals surface area (Å²) in [5.74, 6) is -0.264. The molecule has 8 heavy (non-hydrogen) atoms. The van der Waals surface area contributed by atoms with Crippen molar-refractivity contribution in [2.24, 2.45) is 0 Å². The van der Waals surface area contributed by atoms with Gasteiger partial charge in [-0.3, -0.25) is 4.79 Å². The smallest absolute Gasteiger partial charge is 0.156 e. The van der Waals surface area contributed by atoms with Gasteiger partial charge in [0.25, 0.3) is 0 Å². The summed E-state index contributed by atoms with van der Waals surface area (Å²) in [7, 11) is 0. The monoisotopic (exact) mass is 112 g/mol. The number of hydrogen-bond acceptors (Lipinski definition) is 2. The molecule has 1 N–H and O–H groups in total. The van der Waals surface area contributed by atoms with Crippen molar-refractivity contribution >= 4 is 5.78 Å². The van der Waals surface area contributed by atoms with Gasteiger partial charge in [-0.05, 0) is 13.0 Å². The molecule has 2 heteroatoms. The predicted octanol–water partition coefficient (Wildman–Crippen LogP) is 1.20. The van der Waals surface area contributed by atoms with Crippen LogP contribution in [0.25, 0.3) is 0 Å². The van der Waals surface area contributed by atoms with E-state index in [-0.39, 0.29) is 11.5 Å². The lowest BCUT2D eigenvalue weighted by Gasteiger charge is -1.83. The first-order valence-electron chi connectivity index (χ1n) is 2.20. The van der Waals surface area contributed by atoms with Crippen molar-refractivity contribution in [1.29, 1.82) is 0 Å². The van der Waals surface area contributed by atoms with Crippen LogP contribution in [0.3, 0.4) is 0 Å². The molecule has 0 aliphatic heterocycles. The van der Waals surface area contributed by atoms with Gasteiger partial charge in [-0.15, -0.1) is 0 Å². The van der Waals surface area contributed by atoms with Crippen molar-refractivity contribution in [3.63, 3.8) is 0 Å². The van der Waals surface area contributed by atoms with Gasteiger partial charge in [0.2, 0.25) is 0 Å². The van der Waals surface area contributed by atoms with Gasteiger partial charge in [0.1, 0.15) is 5.76 Å². The quantitative estimate of drug-likeness (QED) is 0.331. The molecule has 0 saturated carbocycles. The van der Waals surface area contributed by atoms with E-state index < -0.39 is 0 Å². The summed E-state index contributed by atoms with van der Waals surface area (Å²) in [6.45, 7) is 4.60. The van der Waals surface area contributed by atoms with Gasteiger partial charge in [0, 0.05) is 6.08 Å². The van der Waals surface area contributed by atoms with Crippen molar-refractivity contribution in [2.45, 2.75) is 6.92 Å². The fourth-order valence-corrected chi connectivity index (χ4v) is 0.267. The van der Waals surface area contributed by atoms with E-state index in [0.717, 1.165) is 6.08 Å². The van der Waals surface area contributed by atoms with E-state index >= 15 is 0 Å². The number of aliphatic hydroxyl groups is 1. The summed E-state index contributed by atoms with van der Waals surface area (Å²) in [5, 5.41) is 8.55. The zero-order valence-electron chi connectivity index (χ0n) is 4.72. The highest BCUT2D eigenvalue weighted by atomic mass is 16.3. The summed E-state index contributed by atoms with van der Waals surface area (Å²) in [6, 6.07) is 0. The maximum Gasteiger partial charge on any atom is 0.156 e. The third kappa shape index (κ3) is 3.15. The van der Waals surface area contributed by atoms with E-state index in [2.05, 4.69) is 6.58 Å². The molecule has 0 heterocycles. The van der Waals surface area contributed by atoms with Gasteiger partial charge in [-0.25, -0.2) is 0 Å². The van der Waals surface area contributed by atoms with E-state index in [9.17, 15) is 4.79 Å². The number of hydrogen-bond donors (Lipinski definition) is 1. The molecule has 0 bridgehead atoms. The third-order valence-electron chi connectivity index (χ3n) is 0.560. The number of carbonyl (C=O) groups is 1. The number of ketones is 1. The first-order chi connectivity index (χ1) is 3.66. The first-order valence-corrected chi connectivity index (χ1v) is 2.20. The normalized spacial score (nSPS) is 10.9. The lowest BCUT2D eigenvalue weighted by molar-refractivity contribution is -0.112. The van der Waals surface area contributed by atoms with Crippen LogP contribution in [0.1, 0.15) is 6.92 Å². The molecular weight excluding hydrogens is 104 g/mol. The predicted molar refractivity (Wildman–Crippen MR) is 31.6 cm³/mol. The Labute approximate surface area is 48.1 Å². The summed E-state index contributed by atoms with van der Waals surface area (Å²) in [5.41, 5.74) is 0. The van der Waals surface area contributed by atoms with Crippen LogP contribution in [0.5, 0.6) is 0 Å². The van der Waals surface area contributed by atoms with Crippen molar-refractivity contribution in [3.05, 3.63) is 24.5 Å². The molecule has 0 unspecified atom stereocenters. The van der Waals surface area contributed by atoms with Crippen molar-refractivity contribution in [2.75, 3.05) is 0 Å². The molecule has 44 valence electrons. The van der Waals surface area contributed by atoms with E-state index in [1.807, 2.05) is 0 Å². The average molecular weight is 112 g/mol. The second kappa shape index (κ2) is 3.02. The Morgan fingerprint density at radius 1 is 1.75 bits per heavy atom. The summed E-state index contributed by atoms with van der Waals surface area (Å²) in [4.78, 5) is 10.1. The van der Waals surface area contributed by atoms with E-state index in [4.69, 9.17) is 5.11 Å². The molecule has 0 atom stereocenters. The Hall–Kier alpha value is -1.05. The van der Waals surface area contributed by atoms with Gasteiger partial charge in [-0.1, -0.05) is 6.58 Å². The number of rotatable bonds is 2. The molecular formula is C6H8O2. The average Bonchev–Trinajstić information content (AvgIpc) is 1.65. The van der Waals surface area contributed by atoms with Gasteiger partial charge >= 0.3 is 0 Å². The van der Waals surface area contributed by atoms with E-state index in [0.29, 0.717) is 0 Å². The van der Waals surface area contributed by atoms with Crippen LogP contribution in [0.2, 0.25) is 0 Å². The molecule has 0 aliphatic rings. The molecule has 0 spiro atoms. The van der Waals surface area contributed by atoms with Gasteiger partial charge in [-0.2, -0.15) is 0 Å². The van der Waals surface area contributed by atoms with Crippen LogP contribution in [0.15, 0.2) is 24.5 Å². The minimum Gasteiger partial charge on any atom is -0.508 e. The topological polar surface area (TPSA) is 37.3 Å². The number of carbonyl (C=O) groups excluding carboxylic acids is 1. The highest BCUT2D eigenvalue weighted by molar-refractivity contribution is 5.87.